The lowest BCUT2D eigenvalue weighted by atomic mass is 9.89. The van der Waals surface area contributed by atoms with Gasteiger partial charge >= 0.3 is 0 Å². The number of hydrogen-bond donors (Lipinski definition) is 2. The van der Waals surface area contributed by atoms with E-state index in [2.05, 4.69) is 5.32 Å². The van der Waals surface area contributed by atoms with E-state index in [4.69, 9.17) is 4.42 Å². The number of aryl methyl sites for hydroxylation is 1. The Balaban J connectivity index is 1.69. The zero-order chi connectivity index (χ0) is 13.4. The monoisotopic (exact) mass is 259 g/mol. The molecule has 0 unspecified atom stereocenters. The molecule has 1 saturated carbocycles. The summed E-state index contributed by atoms with van der Waals surface area (Å²) in [5.41, 5.74) is 2.87. The molecule has 1 aromatic heterocycles. The van der Waals surface area contributed by atoms with E-state index in [0.717, 1.165) is 22.1 Å². The molecule has 0 radical (unpaired) electrons. The van der Waals surface area contributed by atoms with Gasteiger partial charge in [0, 0.05) is 17.0 Å². The second-order valence-electron chi connectivity index (χ2n) is 5.33. The van der Waals surface area contributed by atoms with Crippen molar-refractivity contribution in [3.63, 3.8) is 0 Å². The molecule has 2 aromatic rings. The highest BCUT2D eigenvalue weighted by Crippen LogP contribution is 2.23. The van der Waals surface area contributed by atoms with E-state index < -0.39 is 0 Å². The summed E-state index contributed by atoms with van der Waals surface area (Å²) >= 11 is 0. The minimum atomic E-state index is -0.247. The van der Waals surface area contributed by atoms with Crippen LogP contribution in [0.2, 0.25) is 0 Å². The van der Waals surface area contributed by atoms with E-state index in [1.807, 2.05) is 25.1 Å². The fourth-order valence-electron chi connectivity index (χ4n) is 2.48. The van der Waals surface area contributed by atoms with Crippen LogP contribution in [0.15, 0.2) is 28.9 Å². The molecule has 1 amide bonds. The van der Waals surface area contributed by atoms with Crippen LogP contribution in [-0.2, 0) is 11.2 Å². The van der Waals surface area contributed by atoms with Gasteiger partial charge in [0.1, 0.15) is 5.58 Å². The predicted octanol–water partition coefficient (Wildman–Crippen LogP) is 1.92. The Morgan fingerprint density at radius 1 is 1.47 bits per heavy atom. The number of benzene rings is 1. The van der Waals surface area contributed by atoms with Crippen molar-refractivity contribution < 1.29 is 14.3 Å². The van der Waals surface area contributed by atoms with Crippen LogP contribution in [0.1, 0.15) is 24.0 Å². The van der Waals surface area contributed by atoms with Crippen molar-refractivity contribution in [2.75, 3.05) is 0 Å². The molecule has 4 nitrogen and oxygen atoms in total. The summed E-state index contributed by atoms with van der Waals surface area (Å²) in [5.74, 6) is -0.0137. The molecule has 0 bridgehead atoms. The number of nitrogens with one attached hydrogen (secondary N) is 1. The molecule has 19 heavy (non-hydrogen) atoms. The standard InChI is InChI=1S/C15H17NO3/c1-9-2-3-13-10(8-19-14(13)4-9)5-15(18)16-11-6-12(17)7-11/h2-4,8,11-12,17H,5-7H2,1H3,(H,16,18). The van der Waals surface area contributed by atoms with Gasteiger partial charge in [0.05, 0.1) is 18.8 Å². The Bertz CT molecular complexity index is 611. The highest BCUT2D eigenvalue weighted by Gasteiger charge is 2.28. The summed E-state index contributed by atoms with van der Waals surface area (Å²) in [6.07, 6.45) is 3.05. The zero-order valence-electron chi connectivity index (χ0n) is 10.8. The SMILES string of the molecule is Cc1ccc2c(CC(=O)NC3CC(O)C3)coc2c1. The van der Waals surface area contributed by atoms with Crippen molar-refractivity contribution in [3.05, 3.63) is 35.6 Å². The van der Waals surface area contributed by atoms with Gasteiger partial charge in [0.15, 0.2) is 0 Å². The molecule has 0 spiro atoms. The van der Waals surface area contributed by atoms with E-state index >= 15 is 0 Å². The number of aliphatic hydroxyl groups is 1. The Morgan fingerprint density at radius 3 is 3.00 bits per heavy atom. The van der Waals surface area contributed by atoms with Crippen LogP contribution in [0.4, 0.5) is 0 Å². The lowest BCUT2D eigenvalue weighted by Gasteiger charge is -2.31. The summed E-state index contributed by atoms with van der Waals surface area (Å²) in [6.45, 7) is 2.01. The number of carbonyl (C=O) groups excluding carboxylic acids is 1. The van der Waals surface area contributed by atoms with Crippen LogP contribution in [0.3, 0.4) is 0 Å². The first-order valence-electron chi connectivity index (χ1n) is 6.56. The number of carbonyl (C=O) groups is 1. The molecular formula is C15H17NO3. The van der Waals surface area contributed by atoms with Crippen molar-refractivity contribution in [1.29, 1.82) is 0 Å². The normalized spacial score (nSPS) is 22.2. The maximum absolute atomic E-state index is 11.9. The van der Waals surface area contributed by atoms with Gasteiger partial charge in [-0.25, -0.2) is 0 Å². The average molecular weight is 259 g/mol. The lowest BCUT2D eigenvalue weighted by molar-refractivity contribution is -0.122. The molecule has 1 fully saturated rings. The summed E-state index contributed by atoms with van der Waals surface area (Å²) in [7, 11) is 0. The van der Waals surface area contributed by atoms with Gasteiger partial charge in [-0.3, -0.25) is 4.79 Å². The second-order valence-corrected chi connectivity index (χ2v) is 5.33. The lowest BCUT2D eigenvalue weighted by Crippen LogP contribution is -2.47. The molecule has 1 aliphatic rings. The Morgan fingerprint density at radius 2 is 2.26 bits per heavy atom. The Labute approximate surface area is 111 Å². The van der Waals surface area contributed by atoms with Crippen LogP contribution in [-0.4, -0.2) is 23.2 Å². The van der Waals surface area contributed by atoms with Gasteiger partial charge in [-0.2, -0.15) is 0 Å². The summed E-state index contributed by atoms with van der Waals surface area (Å²) < 4.78 is 5.47. The highest BCUT2D eigenvalue weighted by molar-refractivity contribution is 5.88. The summed E-state index contributed by atoms with van der Waals surface area (Å²) in [6, 6.07) is 6.10. The Kier molecular flexibility index (Phi) is 3.03. The first kappa shape index (κ1) is 12.2. The molecule has 2 N–H and O–H groups in total. The average Bonchev–Trinajstić information content (AvgIpc) is 2.69. The third-order valence-electron chi connectivity index (χ3n) is 3.64. The number of rotatable bonds is 3. The molecule has 4 heteroatoms. The smallest absolute Gasteiger partial charge is 0.224 e. The van der Waals surface area contributed by atoms with Gasteiger partial charge in [-0.15, -0.1) is 0 Å². The predicted molar refractivity (Wildman–Crippen MR) is 71.8 cm³/mol. The molecule has 1 aromatic carbocycles. The Hall–Kier alpha value is -1.81. The van der Waals surface area contributed by atoms with Crippen molar-refractivity contribution in [1.82, 2.24) is 5.32 Å². The quantitative estimate of drug-likeness (QED) is 0.885. The van der Waals surface area contributed by atoms with Crippen LogP contribution in [0, 0.1) is 6.92 Å². The van der Waals surface area contributed by atoms with E-state index in [9.17, 15) is 9.90 Å². The third-order valence-corrected chi connectivity index (χ3v) is 3.64. The van der Waals surface area contributed by atoms with Gasteiger partial charge in [0.2, 0.25) is 5.91 Å². The largest absolute Gasteiger partial charge is 0.464 e. The number of aliphatic hydroxyl groups excluding tert-OH is 1. The molecule has 0 atom stereocenters. The van der Waals surface area contributed by atoms with Crippen LogP contribution in [0.25, 0.3) is 11.0 Å². The van der Waals surface area contributed by atoms with E-state index in [1.165, 1.54) is 0 Å². The van der Waals surface area contributed by atoms with Gasteiger partial charge in [-0.05, 0) is 31.4 Å². The van der Waals surface area contributed by atoms with Crippen LogP contribution >= 0.6 is 0 Å². The molecule has 0 saturated heterocycles. The van der Waals surface area contributed by atoms with Crippen molar-refractivity contribution in [2.24, 2.45) is 0 Å². The van der Waals surface area contributed by atoms with Gasteiger partial charge in [0.25, 0.3) is 0 Å². The van der Waals surface area contributed by atoms with Crippen LogP contribution < -0.4 is 5.32 Å². The fourth-order valence-corrected chi connectivity index (χ4v) is 2.48. The zero-order valence-corrected chi connectivity index (χ0v) is 10.8. The van der Waals surface area contributed by atoms with Gasteiger partial charge in [-0.1, -0.05) is 12.1 Å². The van der Waals surface area contributed by atoms with E-state index in [1.54, 1.807) is 6.26 Å². The molecule has 0 aliphatic heterocycles. The second kappa shape index (κ2) is 4.70. The van der Waals surface area contributed by atoms with Gasteiger partial charge < -0.3 is 14.8 Å². The maximum atomic E-state index is 11.9. The highest BCUT2D eigenvalue weighted by atomic mass is 16.3. The summed E-state index contributed by atoms with van der Waals surface area (Å²) in [5, 5.41) is 13.1. The van der Waals surface area contributed by atoms with Crippen LogP contribution in [0.5, 0.6) is 0 Å². The number of furan rings is 1. The maximum Gasteiger partial charge on any atom is 0.224 e. The number of amides is 1. The molecule has 100 valence electrons. The van der Waals surface area contributed by atoms with E-state index in [-0.39, 0.29) is 18.1 Å². The van der Waals surface area contributed by atoms with Crippen molar-refractivity contribution in [3.8, 4) is 0 Å². The molecular weight excluding hydrogens is 242 g/mol. The molecule has 1 aliphatic carbocycles. The summed E-state index contributed by atoms with van der Waals surface area (Å²) in [4.78, 5) is 11.9. The number of hydrogen-bond acceptors (Lipinski definition) is 3. The first-order valence-corrected chi connectivity index (χ1v) is 6.56. The minimum Gasteiger partial charge on any atom is -0.464 e. The van der Waals surface area contributed by atoms with Crippen molar-refractivity contribution >= 4 is 16.9 Å². The van der Waals surface area contributed by atoms with E-state index in [0.29, 0.717) is 19.3 Å². The molecule has 1 heterocycles. The fraction of sp³-hybridized carbons (Fsp3) is 0.400. The minimum absolute atomic E-state index is 0.0137. The topological polar surface area (TPSA) is 62.5 Å². The first-order chi connectivity index (χ1) is 9.11. The third kappa shape index (κ3) is 2.49. The number of fused-ring (bicyclic) bond motifs is 1. The molecule has 3 rings (SSSR count). The van der Waals surface area contributed by atoms with Crippen molar-refractivity contribution in [2.45, 2.75) is 38.3 Å².